The predicted molar refractivity (Wildman–Crippen MR) is 112 cm³/mol. The van der Waals surface area contributed by atoms with Crippen molar-refractivity contribution in [3.63, 3.8) is 0 Å². The van der Waals surface area contributed by atoms with Crippen LogP contribution in [0.5, 0.6) is 0 Å². The number of ketones is 1. The van der Waals surface area contributed by atoms with Crippen LogP contribution in [0.4, 0.5) is 0 Å². The fourth-order valence-electron chi connectivity index (χ4n) is 5.30. The van der Waals surface area contributed by atoms with Gasteiger partial charge in [0.15, 0.2) is 5.78 Å². The topological polar surface area (TPSA) is 42.3 Å². The monoisotopic (exact) mass is 380 g/mol. The molecule has 0 N–H and O–H groups in total. The maximum atomic E-state index is 13.2. The average molecular weight is 381 g/mol. The van der Waals surface area contributed by atoms with Crippen LogP contribution in [0.3, 0.4) is 0 Å². The third-order valence-electron chi connectivity index (χ3n) is 6.82. The lowest BCUT2D eigenvalue weighted by Gasteiger charge is -2.39. The summed E-state index contributed by atoms with van der Waals surface area (Å²) in [6.07, 6.45) is 10.8. The number of likely N-dealkylation sites (tertiary alicyclic amines) is 1. The maximum absolute atomic E-state index is 13.2. The summed E-state index contributed by atoms with van der Waals surface area (Å²) in [6, 6.07) is 8.62. The molecule has 2 aliphatic rings. The van der Waals surface area contributed by atoms with Crippen LogP contribution >= 0.6 is 0 Å². The van der Waals surface area contributed by atoms with Gasteiger partial charge in [-0.25, -0.2) is 0 Å². The van der Waals surface area contributed by atoms with Gasteiger partial charge in [-0.3, -0.25) is 9.59 Å². The molecule has 1 aliphatic heterocycles. The third-order valence-corrected chi connectivity index (χ3v) is 6.82. The summed E-state index contributed by atoms with van der Waals surface area (Å²) in [6.45, 7) is 4.62. The number of aromatic nitrogens is 1. The molecule has 2 heterocycles. The molecule has 28 heavy (non-hydrogen) atoms. The highest BCUT2D eigenvalue weighted by atomic mass is 16.2. The van der Waals surface area contributed by atoms with Crippen molar-refractivity contribution < 1.29 is 9.59 Å². The van der Waals surface area contributed by atoms with E-state index in [1.165, 1.54) is 12.8 Å². The number of rotatable bonds is 4. The molecule has 2 fully saturated rings. The largest absolute Gasteiger partial charge is 0.337 e. The van der Waals surface area contributed by atoms with Gasteiger partial charge in [-0.05, 0) is 52.0 Å². The number of fused-ring (bicyclic) bond motifs is 1. The molecule has 2 atom stereocenters. The quantitative estimate of drug-likeness (QED) is 0.685. The van der Waals surface area contributed by atoms with Crippen molar-refractivity contribution in [1.29, 1.82) is 0 Å². The van der Waals surface area contributed by atoms with Crippen LogP contribution in [0, 0.1) is 5.92 Å². The number of carbonyl (C=O) groups excluding carboxylic acids is 2. The molecular formula is C24H32N2O2. The Labute approximate surface area is 167 Å². The SMILES string of the molecule is C[C@H]1CCC[C@H](C)N1C(=O)Cn1cc(C(=O)C2CCCCC2)c2ccccc21. The summed E-state index contributed by atoms with van der Waals surface area (Å²) < 4.78 is 2.00. The van der Waals surface area contributed by atoms with Gasteiger partial charge < -0.3 is 9.47 Å². The molecule has 2 aromatic rings. The summed E-state index contributed by atoms with van der Waals surface area (Å²) in [7, 11) is 0. The van der Waals surface area contributed by atoms with Gasteiger partial charge in [0.05, 0.1) is 0 Å². The first kappa shape index (κ1) is 19.2. The Morgan fingerprint density at radius 3 is 2.32 bits per heavy atom. The van der Waals surface area contributed by atoms with Crippen molar-refractivity contribution in [2.45, 2.75) is 83.8 Å². The zero-order valence-corrected chi connectivity index (χ0v) is 17.2. The zero-order chi connectivity index (χ0) is 19.7. The van der Waals surface area contributed by atoms with E-state index >= 15 is 0 Å². The van der Waals surface area contributed by atoms with Gasteiger partial charge in [0.25, 0.3) is 0 Å². The molecule has 1 aromatic heterocycles. The Bertz CT molecular complexity index is 853. The third kappa shape index (κ3) is 3.61. The maximum Gasteiger partial charge on any atom is 0.242 e. The first-order chi connectivity index (χ1) is 13.6. The highest BCUT2D eigenvalue weighted by molar-refractivity contribution is 6.09. The number of amides is 1. The van der Waals surface area contributed by atoms with Gasteiger partial charge in [-0.15, -0.1) is 0 Å². The van der Waals surface area contributed by atoms with E-state index in [1.807, 2.05) is 35.0 Å². The molecule has 1 amide bonds. The molecule has 0 bridgehead atoms. The number of hydrogen-bond donors (Lipinski definition) is 0. The van der Waals surface area contributed by atoms with Crippen LogP contribution in [-0.2, 0) is 11.3 Å². The smallest absolute Gasteiger partial charge is 0.242 e. The molecule has 150 valence electrons. The van der Waals surface area contributed by atoms with Gasteiger partial charge in [0.1, 0.15) is 6.54 Å². The Morgan fingerprint density at radius 2 is 1.61 bits per heavy atom. The first-order valence-corrected chi connectivity index (χ1v) is 11.0. The zero-order valence-electron chi connectivity index (χ0n) is 17.2. The number of carbonyl (C=O) groups is 2. The number of benzene rings is 1. The fraction of sp³-hybridized carbons (Fsp3) is 0.583. The number of para-hydroxylation sites is 1. The summed E-state index contributed by atoms with van der Waals surface area (Å²) in [4.78, 5) is 28.4. The standard InChI is InChI=1S/C24H32N2O2/c1-17-9-8-10-18(2)26(17)23(27)16-25-15-21(20-13-6-7-14-22(20)25)24(28)19-11-4-3-5-12-19/h6-7,13-15,17-19H,3-5,8-12,16H2,1-2H3/t17-,18-/m0/s1. The van der Waals surface area contributed by atoms with Crippen molar-refractivity contribution in [1.82, 2.24) is 9.47 Å². The van der Waals surface area contributed by atoms with Crippen molar-refractivity contribution >= 4 is 22.6 Å². The molecule has 0 unspecified atom stereocenters. The number of Topliss-reactive ketones (excluding diaryl/α,β-unsaturated/α-hetero) is 1. The van der Waals surface area contributed by atoms with Crippen molar-refractivity contribution in [3.05, 3.63) is 36.0 Å². The molecule has 4 nitrogen and oxygen atoms in total. The Balaban J connectivity index is 1.62. The molecule has 0 radical (unpaired) electrons. The molecule has 1 aromatic carbocycles. The van der Waals surface area contributed by atoms with Gasteiger partial charge in [0.2, 0.25) is 5.91 Å². The minimum Gasteiger partial charge on any atom is -0.337 e. The van der Waals surface area contributed by atoms with Crippen molar-refractivity contribution in [2.75, 3.05) is 0 Å². The van der Waals surface area contributed by atoms with Crippen LogP contribution < -0.4 is 0 Å². The van der Waals surface area contributed by atoms with Crippen LogP contribution in [0.1, 0.15) is 75.6 Å². The van der Waals surface area contributed by atoms with E-state index in [0.29, 0.717) is 18.6 Å². The highest BCUT2D eigenvalue weighted by Crippen LogP contribution is 2.31. The number of nitrogens with zero attached hydrogens (tertiary/aromatic N) is 2. The van der Waals surface area contributed by atoms with Crippen LogP contribution in [0.15, 0.2) is 30.5 Å². The molecule has 4 heteroatoms. The molecule has 1 saturated carbocycles. The lowest BCUT2D eigenvalue weighted by molar-refractivity contribution is -0.137. The van der Waals surface area contributed by atoms with E-state index in [0.717, 1.165) is 55.0 Å². The van der Waals surface area contributed by atoms with Crippen molar-refractivity contribution in [2.24, 2.45) is 5.92 Å². The van der Waals surface area contributed by atoms with Crippen LogP contribution in [-0.4, -0.2) is 33.2 Å². The molecular weight excluding hydrogens is 348 g/mol. The highest BCUT2D eigenvalue weighted by Gasteiger charge is 2.30. The van der Waals surface area contributed by atoms with Gasteiger partial charge in [-0.1, -0.05) is 37.5 Å². The van der Waals surface area contributed by atoms with E-state index in [1.54, 1.807) is 0 Å². The second-order valence-electron chi connectivity index (χ2n) is 8.82. The molecule has 1 saturated heterocycles. The Hall–Kier alpha value is -2.10. The van der Waals surface area contributed by atoms with E-state index in [9.17, 15) is 9.59 Å². The van der Waals surface area contributed by atoms with Gasteiger partial charge in [0, 0.05) is 40.7 Å². The normalized spacial score (nSPS) is 23.9. The summed E-state index contributed by atoms with van der Waals surface area (Å²) in [5, 5.41) is 0.991. The van der Waals surface area contributed by atoms with Crippen LogP contribution in [0.25, 0.3) is 10.9 Å². The molecule has 1 aliphatic carbocycles. The Morgan fingerprint density at radius 1 is 0.929 bits per heavy atom. The average Bonchev–Trinajstić information content (AvgIpc) is 3.06. The second-order valence-corrected chi connectivity index (χ2v) is 8.82. The fourth-order valence-corrected chi connectivity index (χ4v) is 5.30. The van der Waals surface area contributed by atoms with E-state index in [4.69, 9.17) is 0 Å². The number of hydrogen-bond acceptors (Lipinski definition) is 2. The molecule has 0 spiro atoms. The molecule has 4 rings (SSSR count). The number of piperidine rings is 1. The lowest BCUT2D eigenvalue weighted by atomic mass is 9.84. The van der Waals surface area contributed by atoms with E-state index < -0.39 is 0 Å². The van der Waals surface area contributed by atoms with Gasteiger partial charge in [-0.2, -0.15) is 0 Å². The van der Waals surface area contributed by atoms with Gasteiger partial charge >= 0.3 is 0 Å². The lowest BCUT2D eigenvalue weighted by Crippen LogP contribution is -2.48. The minimum atomic E-state index is 0.144. The minimum absolute atomic E-state index is 0.144. The summed E-state index contributed by atoms with van der Waals surface area (Å²) in [5.41, 5.74) is 1.79. The van der Waals surface area contributed by atoms with Crippen LogP contribution in [0.2, 0.25) is 0 Å². The second kappa shape index (κ2) is 8.10. The predicted octanol–water partition coefficient (Wildman–Crippen LogP) is 5.19. The van der Waals surface area contributed by atoms with E-state index in [2.05, 4.69) is 18.7 Å². The van der Waals surface area contributed by atoms with Crippen molar-refractivity contribution in [3.8, 4) is 0 Å². The first-order valence-electron chi connectivity index (χ1n) is 11.0. The summed E-state index contributed by atoms with van der Waals surface area (Å²) >= 11 is 0. The Kier molecular flexibility index (Phi) is 5.56. The summed E-state index contributed by atoms with van der Waals surface area (Å²) in [5.74, 6) is 0.574. The van der Waals surface area contributed by atoms with E-state index in [-0.39, 0.29) is 17.6 Å².